The Balaban J connectivity index is 1.98. The highest BCUT2D eigenvalue weighted by atomic mass is 32.2. The second-order valence-electron chi connectivity index (χ2n) is 6.70. The zero-order valence-corrected chi connectivity index (χ0v) is 18.9. The zero-order chi connectivity index (χ0) is 22.4. The Morgan fingerprint density at radius 2 is 2.10 bits per heavy atom. The molecule has 166 valence electrons. The van der Waals surface area contributed by atoms with Crippen LogP contribution in [-0.4, -0.2) is 76.2 Å². The van der Waals surface area contributed by atoms with Gasteiger partial charge in [0.25, 0.3) is 11.5 Å². The van der Waals surface area contributed by atoms with Gasteiger partial charge in [-0.15, -0.1) is 0 Å². The summed E-state index contributed by atoms with van der Waals surface area (Å²) in [6, 6.07) is 3.63. The first-order valence-corrected chi connectivity index (χ1v) is 10.9. The fourth-order valence-electron chi connectivity index (χ4n) is 2.94. The highest BCUT2D eigenvalue weighted by molar-refractivity contribution is 8.26. The predicted octanol–water partition coefficient (Wildman–Crippen LogP) is 1.27. The molecule has 2 aromatic heterocycles. The van der Waals surface area contributed by atoms with Crippen LogP contribution >= 0.6 is 24.0 Å². The molecule has 3 rings (SSSR count). The molecule has 0 bridgehead atoms. The molecule has 1 amide bonds. The molecular weight excluding hydrogens is 440 g/mol. The van der Waals surface area contributed by atoms with Crippen molar-refractivity contribution in [3.05, 3.63) is 44.7 Å². The van der Waals surface area contributed by atoms with E-state index in [9.17, 15) is 9.59 Å². The lowest BCUT2D eigenvalue weighted by Crippen LogP contribution is -2.31. The number of fused-ring (bicyclic) bond motifs is 1. The standard InChI is InChI=1S/C20H24N4O5S2/c1-13-3-4-16-22-17(21-5-8-29-10-7-25)14(18(26)24(16)12-13)11-15-19(27)23(6-9-28-2)20(30)31-15/h3-4,11-12,21,25H,5-10H2,1-2H3. The molecule has 2 aromatic rings. The number of thiocarbonyl (C=S) groups is 1. The van der Waals surface area contributed by atoms with Crippen molar-refractivity contribution in [3.8, 4) is 0 Å². The number of anilines is 1. The molecule has 0 spiro atoms. The number of amides is 1. The lowest BCUT2D eigenvalue weighted by molar-refractivity contribution is -0.122. The minimum absolute atomic E-state index is 0.0644. The molecule has 3 heterocycles. The van der Waals surface area contributed by atoms with E-state index in [4.69, 9.17) is 26.8 Å². The van der Waals surface area contributed by atoms with Crippen LogP contribution in [0.1, 0.15) is 11.1 Å². The molecule has 1 fully saturated rings. The summed E-state index contributed by atoms with van der Waals surface area (Å²) in [4.78, 5) is 32.4. The average Bonchev–Trinajstić information content (AvgIpc) is 3.02. The van der Waals surface area contributed by atoms with E-state index >= 15 is 0 Å². The van der Waals surface area contributed by atoms with Gasteiger partial charge in [0, 0.05) is 19.9 Å². The SMILES string of the molecule is COCCN1C(=O)C(=Cc2c(NCCOCCO)nc3ccc(C)cn3c2=O)SC1=S. The molecule has 0 saturated carbocycles. The number of hydrogen-bond acceptors (Lipinski definition) is 9. The Labute approximate surface area is 189 Å². The van der Waals surface area contributed by atoms with Gasteiger partial charge in [-0.25, -0.2) is 4.98 Å². The first kappa shape index (κ1) is 23.4. The largest absolute Gasteiger partial charge is 0.394 e. The van der Waals surface area contributed by atoms with Crippen molar-refractivity contribution in [2.24, 2.45) is 0 Å². The number of aliphatic hydroxyl groups excluding tert-OH is 1. The van der Waals surface area contributed by atoms with Crippen molar-refractivity contribution < 1.29 is 19.4 Å². The second kappa shape index (κ2) is 10.8. The summed E-state index contributed by atoms with van der Waals surface area (Å²) in [6.45, 7) is 3.46. The second-order valence-corrected chi connectivity index (χ2v) is 8.38. The minimum Gasteiger partial charge on any atom is -0.394 e. The fourth-order valence-corrected chi connectivity index (χ4v) is 4.23. The van der Waals surface area contributed by atoms with Crippen LogP contribution in [0.25, 0.3) is 11.7 Å². The molecule has 9 nitrogen and oxygen atoms in total. The Morgan fingerprint density at radius 3 is 2.84 bits per heavy atom. The Morgan fingerprint density at radius 1 is 1.29 bits per heavy atom. The maximum Gasteiger partial charge on any atom is 0.267 e. The van der Waals surface area contributed by atoms with E-state index < -0.39 is 0 Å². The third kappa shape index (κ3) is 5.49. The molecule has 1 aliphatic heterocycles. The van der Waals surface area contributed by atoms with Crippen LogP contribution in [0.15, 0.2) is 28.0 Å². The lowest BCUT2D eigenvalue weighted by atomic mass is 10.2. The highest BCUT2D eigenvalue weighted by Crippen LogP contribution is 2.32. The lowest BCUT2D eigenvalue weighted by Gasteiger charge is -2.13. The summed E-state index contributed by atoms with van der Waals surface area (Å²) in [7, 11) is 1.55. The first-order valence-electron chi connectivity index (χ1n) is 9.66. The quantitative estimate of drug-likeness (QED) is 0.305. The number of aliphatic hydroxyl groups is 1. The van der Waals surface area contributed by atoms with Gasteiger partial charge in [-0.05, 0) is 24.6 Å². The van der Waals surface area contributed by atoms with Gasteiger partial charge in [0.1, 0.15) is 15.8 Å². The van der Waals surface area contributed by atoms with Crippen molar-refractivity contribution >= 4 is 51.7 Å². The van der Waals surface area contributed by atoms with Crippen LogP contribution in [0.3, 0.4) is 0 Å². The van der Waals surface area contributed by atoms with Gasteiger partial charge in [0.2, 0.25) is 0 Å². The van der Waals surface area contributed by atoms with Gasteiger partial charge >= 0.3 is 0 Å². The maximum atomic E-state index is 13.3. The van der Waals surface area contributed by atoms with Crippen molar-refractivity contribution in [2.75, 3.05) is 51.9 Å². The molecule has 1 saturated heterocycles. The predicted molar refractivity (Wildman–Crippen MR) is 124 cm³/mol. The summed E-state index contributed by atoms with van der Waals surface area (Å²) in [5.41, 5.74) is 1.36. The van der Waals surface area contributed by atoms with Crippen LogP contribution in [0, 0.1) is 6.92 Å². The summed E-state index contributed by atoms with van der Waals surface area (Å²) in [5, 5.41) is 11.9. The number of ether oxygens (including phenoxy) is 2. The van der Waals surface area contributed by atoms with Gasteiger partial charge < -0.3 is 19.9 Å². The van der Waals surface area contributed by atoms with Crippen LogP contribution in [0.4, 0.5) is 5.82 Å². The van der Waals surface area contributed by atoms with Crippen LogP contribution in [0.5, 0.6) is 0 Å². The molecule has 2 N–H and O–H groups in total. The minimum atomic E-state index is -0.297. The van der Waals surface area contributed by atoms with Crippen molar-refractivity contribution in [1.82, 2.24) is 14.3 Å². The molecule has 11 heteroatoms. The third-order valence-electron chi connectivity index (χ3n) is 4.45. The van der Waals surface area contributed by atoms with Crippen LogP contribution in [0.2, 0.25) is 0 Å². The molecule has 0 aromatic carbocycles. The van der Waals surface area contributed by atoms with Crippen molar-refractivity contribution in [3.63, 3.8) is 0 Å². The van der Waals surface area contributed by atoms with E-state index in [1.54, 1.807) is 19.4 Å². The Hall–Kier alpha value is -2.31. The summed E-state index contributed by atoms with van der Waals surface area (Å²) >= 11 is 6.46. The van der Waals surface area contributed by atoms with Crippen molar-refractivity contribution in [2.45, 2.75) is 6.92 Å². The number of carbonyl (C=O) groups excluding carboxylic acids is 1. The first-order chi connectivity index (χ1) is 15.0. The normalized spacial score (nSPS) is 15.5. The number of methoxy groups -OCH3 is 1. The maximum absolute atomic E-state index is 13.3. The van der Waals surface area contributed by atoms with Gasteiger partial charge in [0.05, 0.1) is 43.4 Å². The zero-order valence-electron chi connectivity index (χ0n) is 17.3. The number of aryl methyl sites for hydroxylation is 1. The molecule has 31 heavy (non-hydrogen) atoms. The van der Waals surface area contributed by atoms with Crippen LogP contribution < -0.4 is 10.9 Å². The number of rotatable bonds is 10. The summed E-state index contributed by atoms with van der Waals surface area (Å²) in [6.07, 6.45) is 3.24. The molecular formula is C20H24N4O5S2. The topological polar surface area (TPSA) is 105 Å². The molecule has 0 unspecified atom stereocenters. The number of carbonyl (C=O) groups is 1. The van der Waals surface area contributed by atoms with Gasteiger partial charge in [-0.2, -0.15) is 0 Å². The van der Waals surface area contributed by atoms with Gasteiger partial charge in [0.15, 0.2) is 0 Å². The number of nitrogens with one attached hydrogen (secondary N) is 1. The summed E-state index contributed by atoms with van der Waals surface area (Å²) in [5.74, 6) is 0.0848. The van der Waals surface area contributed by atoms with Crippen molar-refractivity contribution in [1.29, 1.82) is 0 Å². The van der Waals surface area contributed by atoms with E-state index in [2.05, 4.69) is 10.3 Å². The number of thioether (sulfide) groups is 1. The van der Waals surface area contributed by atoms with E-state index in [1.165, 1.54) is 15.4 Å². The van der Waals surface area contributed by atoms with Crippen LogP contribution in [-0.2, 0) is 14.3 Å². The number of pyridine rings is 1. The third-order valence-corrected chi connectivity index (χ3v) is 5.83. The van der Waals surface area contributed by atoms with E-state index in [0.717, 1.165) is 17.3 Å². The molecule has 0 atom stereocenters. The fraction of sp³-hybridized carbons (Fsp3) is 0.400. The Bertz CT molecular complexity index is 1070. The number of nitrogens with zero attached hydrogens (tertiary/aromatic N) is 3. The van der Waals surface area contributed by atoms with Gasteiger partial charge in [-0.1, -0.05) is 30.0 Å². The highest BCUT2D eigenvalue weighted by Gasteiger charge is 2.32. The number of aromatic nitrogens is 2. The number of hydrogen-bond donors (Lipinski definition) is 2. The Kier molecular flexibility index (Phi) is 8.15. The smallest absolute Gasteiger partial charge is 0.267 e. The molecule has 1 aliphatic rings. The molecule has 0 aliphatic carbocycles. The van der Waals surface area contributed by atoms with E-state index in [-0.39, 0.29) is 30.2 Å². The molecule has 0 radical (unpaired) electrons. The van der Waals surface area contributed by atoms with Gasteiger partial charge in [-0.3, -0.25) is 18.9 Å². The monoisotopic (exact) mass is 464 g/mol. The van der Waals surface area contributed by atoms with E-state index in [1.807, 2.05) is 13.0 Å². The average molecular weight is 465 g/mol. The summed E-state index contributed by atoms with van der Waals surface area (Å²) < 4.78 is 12.2. The van der Waals surface area contributed by atoms with E-state index in [0.29, 0.717) is 47.0 Å².